The molecule has 0 aliphatic carbocycles. The van der Waals surface area contributed by atoms with E-state index in [2.05, 4.69) is 4.98 Å². The number of hydrogen-bond donors (Lipinski definition) is 0. The number of fused-ring (bicyclic) bond motifs is 1. The molecule has 1 heterocycles. The highest BCUT2D eigenvalue weighted by atomic mass is 32.2. The number of oxazole rings is 1. The molecule has 0 bridgehead atoms. The van der Waals surface area contributed by atoms with Crippen LogP contribution in [0.4, 0.5) is 8.78 Å². The van der Waals surface area contributed by atoms with Crippen molar-refractivity contribution in [3.8, 4) is 0 Å². The van der Waals surface area contributed by atoms with Crippen molar-refractivity contribution in [2.75, 3.05) is 0 Å². The van der Waals surface area contributed by atoms with Gasteiger partial charge in [0.1, 0.15) is 5.52 Å². The summed E-state index contributed by atoms with van der Waals surface area (Å²) in [6.45, 7) is 0. The minimum atomic E-state index is -2.49. The number of rotatable bonds is 2. The van der Waals surface area contributed by atoms with E-state index in [9.17, 15) is 8.78 Å². The minimum Gasteiger partial charge on any atom is -0.431 e. The first-order valence-electron chi connectivity index (χ1n) is 3.56. The van der Waals surface area contributed by atoms with Crippen LogP contribution in [0.25, 0.3) is 11.1 Å². The quantitative estimate of drug-likeness (QED) is 0.698. The van der Waals surface area contributed by atoms with Crippen LogP contribution in [0.2, 0.25) is 0 Å². The molecule has 0 atom stereocenters. The van der Waals surface area contributed by atoms with Crippen molar-refractivity contribution < 1.29 is 13.2 Å². The smallest absolute Gasteiger partial charge is 0.293 e. The Bertz CT molecular complexity index is 382. The molecule has 0 unspecified atom stereocenters. The van der Waals surface area contributed by atoms with E-state index in [4.69, 9.17) is 4.42 Å². The summed E-state index contributed by atoms with van der Waals surface area (Å²) in [6, 6.07) is 6.96. The number of benzene rings is 1. The van der Waals surface area contributed by atoms with Gasteiger partial charge in [-0.05, 0) is 12.1 Å². The molecule has 0 fully saturated rings. The van der Waals surface area contributed by atoms with E-state index >= 15 is 0 Å². The Morgan fingerprint density at radius 3 is 2.77 bits per heavy atom. The van der Waals surface area contributed by atoms with Gasteiger partial charge in [0.15, 0.2) is 5.58 Å². The molecular formula is C8H5F2NOS. The lowest BCUT2D eigenvalue weighted by molar-refractivity contribution is 0.249. The fourth-order valence-electron chi connectivity index (χ4n) is 0.978. The van der Waals surface area contributed by atoms with Crippen LogP contribution in [0.15, 0.2) is 33.9 Å². The van der Waals surface area contributed by atoms with Crippen LogP contribution in [-0.4, -0.2) is 10.7 Å². The first-order valence-corrected chi connectivity index (χ1v) is 4.44. The first kappa shape index (κ1) is 8.50. The molecule has 0 saturated heterocycles. The monoisotopic (exact) mass is 201 g/mol. The predicted molar refractivity (Wildman–Crippen MR) is 45.9 cm³/mol. The van der Waals surface area contributed by atoms with E-state index in [1.54, 1.807) is 24.3 Å². The van der Waals surface area contributed by atoms with Gasteiger partial charge in [-0.25, -0.2) is 4.98 Å². The average Bonchev–Trinajstić information content (AvgIpc) is 2.44. The van der Waals surface area contributed by atoms with Gasteiger partial charge in [0.05, 0.1) is 0 Å². The van der Waals surface area contributed by atoms with Crippen LogP contribution in [0, 0.1) is 0 Å². The number of halogens is 2. The molecule has 0 saturated carbocycles. The summed E-state index contributed by atoms with van der Waals surface area (Å²) in [5, 5.41) is 0.0104. The third-order valence-corrected chi connectivity index (χ3v) is 2.02. The van der Waals surface area contributed by atoms with Gasteiger partial charge in [0.2, 0.25) is 0 Å². The molecule has 0 spiro atoms. The summed E-state index contributed by atoms with van der Waals surface area (Å²) in [5.41, 5.74) is 1.14. The maximum absolute atomic E-state index is 11.9. The number of alkyl halides is 2. The average molecular weight is 201 g/mol. The SMILES string of the molecule is FC(F)Sc1nc2ccccc2o1. The van der Waals surface area contributed by atoms with Gasteiger partial charge in [0.25, 0.3) is 11.0 Å². The van der Waals surface area contributed by atoms with Crippen LogP contribution < -0.4 is 0 Å². The van der Waals surface area contributed by atoms with Crippen molar-refractivity contribution in [2.24, 2.45) is 0 Å². The Balaban J connectivity index is 2.38. The van der Waals surface area contributed by atoms with E-state index in [0.29, 0.717) is 22.9 Å². The molecule has 2 nitrogen and oxygen atoms in total. The summed E-state index contributed by atoms with van der Waals surface area (Å²) in [5.74, 6) is -2.49. The maximum Gasteiger partial charge on any atom is 0.293 e. The summed E-state index contributed by atoms with van der Waals surface area (Å²) in [6.07, 6.45) is 0. The zero-order valence-corrected chi connectivity index (χ0v) is 7.22. The third-order valence-electron chi connectivity index (χ3n) is 1.46. The van der Waals surface area contributed by atoms with Crippen molar-refractivity contribution in [3.05, 3.63) is 24.3 Å². The van der Waals surface area contributed by atoms with E-state index in [-0.39, 0.29) is 5.22 Å². The van der Waals surface area contributed by atoms with Gasteiger partial charge in [-0.3, -0.25) is 0 Å². The Morgan fingerprint density at radius 1 is 1.31 bits per heavy atom. The van der Waals surface area contributed by atoms with Gasteiger partial charge >= 0.3 is 0 Å². The Morgan fingerprint density at radius 2 is 2.08 bits per heavy atom. The van der Waals surface area contributed by atoms with Gasteiger partial charge in [-0.1, -0.05) is 12.1 Å². The van der Waals surface area contributed by atoms with Crippen molar-refractivity contribution in [3.63, 3.8) is 0 Å². The fraction of sp³-hybridized carbons (Fsp3) is 0.125. The highest BCUT2D eigenvalue weighted by Gasteiger charge is 2.11. The molecule has 0 radical (unpaired) electrons. The van der Waals surface area contributed by atoms with Crippen LogP contribution in [0.3, 0.4) is 0 Å². The standard InChI is InChI=1S/C8H5F2NOS/c9-7(10)13-8-11-5-3-1-2-4-6(5)12-8/h1-4,7H. The lowest BCUT2D eigenvalue weighted by atomic mass is 10.3. The molecule has 13 heavy (non-hydrogen) atoms. The number of thioether (sulfide) groups is 1. The zero-order chi connectivity index (χ0) is 9.26. The summed E-state index contributed by atoms with van der Waals surface area (Å²) in [4.78, 5) is 3.87. The lowest BCUT2D eigenvalue weighted by Gasteiger charge is -1.89. The molecule has 68 valence electrons. The lowest BCUT2D eigenvalue weighted by Crippen LogP contribution is -1.79. The van der Waals surface area contributed by atoms with E-state index in [0.717, 1.165) is 0 Å². The van der Waals surface area contributed by atoms with Crippen LogP contribution in [0.1, 0.15) is 0 Å². The van der Waals surface area contributed by atoms with Crippen molar-refractivity contribution in [1.29, 1.82) is 0 Å². The Kier molecular flexibility index (Phi) is 2.18. The molecule has 0 aliphatic heterocycles. The fourth-order valence-corrected chi connectivity index (χ4v) is 1.42. The number of nitrogens with zero attached hydrogens (tertiary/aromatic N) is 1. The largest absolute Gasteiger partial charge is 0.431 e. The number of hydrogen-bond acceptors (Lipinski definition) is 3. The molecule has 5 heteroatoms. The van der Waals surface area contributed by atoms with Crippen LogP contribution in [-0.2, 0) is 0 Å². The molecule has 0 amide bonds. The first-order chi connectivity index (χ1) is 6.25. The van der Waals surface area contributed by atoms with Gasteiger partial charge in [-0.2, -0.15) is 8.78 Å². The van der Waals surface area contributed by atoms with Crippen molar-refractivity contribution in [1.82, 2.24) is 4.98 Å². The topological polar surface area (TPSA) is 26.0 Å². The van der Waals surface area contributed by atoms with E-state index in [1.807, 2.05) is 0 Å². The van der Waals surface area contributed by atoms with E-state index < -0.39 is 5.76 Å². The summed E-state index contributed by atoms with van der Waals surface area (Å²) in [7, 11) is 0. The third kappa shape index (κ3) is 1.80. The highest BCUT2D eigenvalue weighted by molar-refractivity contribution is 7.99. The molecule has 0 N–H and O–H groups in total. The maximum atomic E-state index is 11.9. The molecular weight excluding hydrogens is 196 g/mol. The second-order valence-electron chi connectivity index (χ2n) is 2.33. The van der Waals surface area contributed by atoms with Gasteiger partial charge in [0, 0.05) is 11.8 Å². The normalized spacial score (nSPS) is 11.3. The molecule has 2 rings (SSSR count). The van der Waals surface area contributed by atoms with E-state index in [1.165, 1.54) is 0 Å². The number of para-hydroxylation sites is 2. The molecule has 2 aromatic rings. The minimum absolute atomic E-state index is 0.0104. The highest BCUT2D eigenvalue weighted by Crippen LogP contribution is 2.27. The summed E-state index contributed by atoms with van der Waals surface area (Å²) < 4.78 is 28.9. The Hall–Kier alpha value is -1.10. The second-order valence-corrected chi connectivity index (χ2v) is 3.27. The Labute approximate surface area is 76.9 Å². The molecule has 1 aromatic heterocycles. The summed E-state index contributed by atoms with van der Waals surface area (Å²) >= 11 is 0.313. The number of aromatic nitrogens is 1. The predicted octanol–water partition coefficient (Wildman–Crippen LogP) is 3.14. The molecule has 1 aromatic carbocycles. The molecule has 0 aliphatic rings. The second kappa shape index (κ2) is 3.33. The van der Waals surface area contributed by atoms with Crippen LogP contribution in [0.5, 0.6) is 0 Å². The van der Waals surface area contributed by atoms with Gasteiger partial charge in [-0.15, -0.1) is 0 Å². The zero-order valence-electron chi connectivity index (χ0n) is 6.41. The van der Waals surface area contributed by atoms with Gasteiger partial charge < -0.3 is 4.42 Å². The van der Waals surface area contributed by atoms with Crippen molar-refractivity contribution in [2.45, 2.75) is 11.0 Å². The van der Waals surface area contributed by atoms with Crippen LogP contribution >= 0.6 is 11.8 Å². The van der Waals surface area contributed by atoms with Crippen molar-refractivity contribution >= 4 is 22.9 Å².